The van der Waals surface area contributed by atoms with Gasteiger partial charge in [0.2, 0.25) is 0 Å². The van der Waals surface area contributed by atoms with E-state index in [0.717, 1.165) is 0 Å². The van der Waals surface area contributed by atoms with Gasteiger partial charge in [0, 0.05) is 5.92 Å². The Kier molecular flexibility index (Phi) is 16.3. The molecule has 0 spiro atoms. The zero-order valence-electron chi connectivity index (χ0n) is 31.8. The van der Waals surface area contributed by atoms with Crippen molar-refractivity contribution in [2.75, 3.05) is 33.0 Å². The first-order valence-electron chi connectivity index (χ1n) is 19.5. The summed E-state index contributed by atoms with van der Waals surface area (Å²) in [7, 11) is 0. The smallest absolute Gasteiger partial charge is 0.187 e. The first kappa shape index (κ1) is 47.5. The van der Waals surface area contributed by atoms with Crippen LogP contribution in [0.1, 0.15) is 19.8 Å². The van der Waals surface area contributed by atoms with Gasteiger partial charge in [0.15, 0.2) is 31.5 Å². The van der Waals surface area contributed by atoms with E-state index in [0.29, 0.717) is 12.8 Å². The van der Waals surface area contributed by atoms with Crippen LogP contribution in [0.3, 0.4) is 0 Å². The predicted octanol–water partition coefficient (Wildman–Crippen LogP) is -9.46. The topological polar surface area (TPSA) is 396 Å². The minimum atomic E-state index is -2.02. The summed E-state index contributed by atoms with van der Waals surface area (Å²) in [6, 6.07) is 0. The van der Waals surface area contributed by atoms with Crippen molar-refractivity contribution in [3.05, 3.63) is 0 Å². The van der Waals surface area contributed by atoms with Gasteiger partial charge in [-0.2, -0.15) is 0 Å². The molecular formula is C34H58O25. The van der Waals surface area contributed by atoms with Gasteiger partial charge in [-0.15, -0.1) is 0 Å². The maximum Gasteiger partial charge on any atom is 0.187 e. The molecule has 6 aliphatic rings. The number of ether oxygens (including phenoxy) is 10. The Bertz CT molecular complexity index is 1300. The van der Waals surface area contributed by atoms with Crippen LogP contribution in [0, 0.1) is 5.92 Å². The molecule has 344 valence electrons. The summed E-state index contributed by atoms with van der Waals surface area (Å²) in [5.41, 5.74) is 0. The average molecular weight is 867 g/mol. The molecule has 6 rings (SSSR count). The zero-order valence-corrected chi connectivity index (χ0v) is 31.8. The second-order valence-corrected chi connectivity index (χ2v) is 15.6. The second-order valence-electron chi connectivity index (χ2n) is 15.6. The van der Waals surface area contributed by atoms with Crippen LogP contribution >= 0.6 is 0 Å². The summed E-state index contributed by atoms with van der Waals surface area (Å²) >= 11 is 0. The summed E-state index contributed by atoms with van der Waals surface area (Å²) < 4.78 is 56.8. The highest BCUT2D eigenvalue weighted by atomic mass is 16.8. The van der Waals surface area contributed by atoms with E-state index in [1.54, 1.807) is 0 Å². The maximum absolute atomic E-state index is 11.5. The van der Waals surface area contributed by atoms with E-state index >= 15 is 0 Å². The van der Waals surface area contributed by atoms with Crippen LogP contribution in [0.4, 0.5) is 0 Å². The van der Waals surface area contributed by atoms with Crippen LogP contribution in [0.5, 0.6) is 0 Å². The zero-order chi connectivity index (χ0) is 43.0. The molecule has 25 atom stereocenters. The highest BCUT2D eigenvalue weighted by Gasteiger charge is 2.56. The number of hydrogen-bond acceptors (Lipinski definition) is 25. The molecule has 0 bridgehead atoms. The van der Waals surface area contributed by atoms with Gasteiger partial charge in [-0.05, 0) is 12.8 Å². The number of aliphatic hydroxyl groups excluding tert-OH is 15. The van der Waals surface area contributed by atoms with Crippen molar-refractivity contribution in [3.8, 4) is 0 Å². The summed E-state index contributed by atoms with van der Waals surface area (Å²) in [5.74, 6) is -1.11. The molecule has 25 nitrogen and oxygen atoms in total. The molecule has 5 aliphatic heterocycles. The van der Waals surface area contributed by atoms with Crippen LogP contribution in [0.2, 0.25) is 0 Å². The van der Waals surface area contributed by atoms with E-state index in [1.165, 1.54) is 6.92 Å². The first-order valence-corrected chi connectivity index (χ1v) is 19.5. The Hall–Kier alpha value is -1.00. The molecular weight excluding hydrogens is 808 g/mol. The van der Waals surface area contributed by atoms with Crippen LogP contribution in [0.25, 0.3) is 0 Å². The molecule has 0 amide bonds. The fourth-order valence-corrected chi connectivity index (χ4v) is 7.75. The van der Waals surface area contributed by atoms with E-state index < -0.39 is 186 Å². The maximum atomic E-state index is 11.5. The van der Waals surface area contributed by atoms with Crippen molar-refractivity contribution in [3.63, 3.8) is 0 Å². The van der Waals surface area contributed by atoms with Gasteiger partial charge in [-0.25, -0.2) is 0 Å². The molecule has 59 heavy (non-hydrogen) atoms. The molecule has 0 aromatic heterocycles. The van der Waals surface area contributed by atoms with Gasteiger partial charge < -0.3 is 124 Å². The molecule has 0 aromatic rings. The summed E-state index contributed by atoms with van der Waals surface area (Å²) in [5, 5.41) is 158. The predicted molar refractivity (Wildman–Crippen MR) is 182 cm³/mol. The van der Waals surface area contributed by atoms with Crippen molar-refractivity contribution in [2.45, 2.75) is 173 Å². The molecule has 0 aromatic carbocycles. The van der Waals surface area contributed by atoms with Gasteiger partial charge in [0.25, 0.3) is 0 Å². The van der Waals surface area contributed by atoms with Crippen LogP contribution in [0.15, 0.2) is 0 Å². The number of rotatable bonds is 15. The Morgan fingerprint density at radius 1 is 0.339 bits per heavy atom. The SMILES string of the molecule is C[C@H]1C(O[C@@H]2OC(CO)[C@H](O)C(O)[C@@H]2O)[C@@H](O)C(CO)O[C@H]1O[C@@H]1C(O)[C@@H](O[C@H]2C(CO)O[C@@H](O[C@@H]3C(CO)O[C@@H](OC4CC4)[C@@H](O)C3O)[C@@H](O)C2O)OC(CO)[C@@H]1O. The van der Waals surface area contributed by atoms with Crippen LogP contribution in [-0.2, 0) is 47.4 Å². The lowest BCUT2D eigenvalue weighted by Crippen LogP contribution is -2.67. The Labute approximate surface area is 336 Å². The summed E-state index contributed by atoms with van der Waals surface area (Å²) in [4.78, 5) is 0. The van der Waals surface area contributed by atoms with Crippen molar-refractivity contribution in [2.24, 2.45) is 5.92 Å². The molecule has 1 aliphatic carbocycles. The third-order valence-corrected chi connectivity index (χ3v) is 11.5. The van der Waals surface area contributed by atoms with Crippen molar-refractivity contribution in [1.29, 1.82) is 0 Å². The third-order valence-electron chi connectivity index (χ3n) is 11.5. The lowest BCUT2D eigenvalue weighted by Gasteiger charge is -2.50. The molecule has 10 unspecified atom stereocenters. The number of aliphatic hydroxyl groups is 15. The van der Waals surface area contributed by atoms with Crippen molar-refractivity contribution >= 4 is 0 Å². The molecule has 5 saturated heterocycles. The van der Waals surface area contributed by atoms with E-state index in [-0.39, 0.29) is 6.10 Å². The molecule has 25 heteroatoms. The average Bonchev–Trinajstić information content (AvgIpc) is 4.05. The largest absolute Gasteiger partial charge is 0.394 e. The first-order chi connectivity index (χ1) is 28.1. The Morgan fingerprint density at radius 3 is 1.14 bits per heavy atom. The van der Waals surface area contributed by atoms with E-state index in [9.17, 15) is 76.6 Å². The summed E-state index contributed by atoms with van der Waals surface area (Å²) in [6.45, 7) is -2.73. The quantitative estimate of drug-likeness (QED) is 0.0726. The van der Waals surface area contributed by atoms with Gasteiger partial charge in [-0.3, -0.25) is 0 Å². The van der Waals surface area contributed by atoms with Crippen molar-refractivity contribution in [1.82, 2.24) is 0 Å². The number of hydrogen-bond donors (Lipinski definition) is 15. The fourth-order valence-electron chi connectivity index (χ4n) is 7.75. The molecule has 1 saturated carbocycles. The van der Waals surface area contributed by atoms with Gasteiger partial charge in [-0.1, -0.05) is 6.92 Å². The molecule has 15 N–H and O–H groups in total. The fraction of sp³-hybridized carbons (Fsp3) is 1.00. The lowest BCUT2D eigenvalue weighted by molar-refractivity contribution is -0.391. The van der Waals surface area contributed by atoms with E-state index in [4.69, 9.17) is 47.4 Å². The van der Waals surface area contributed by atoms with Crippen LogP contribution < -0.4 is 0 Å². The van der Waals surface area contributed by atoms with Gasteiger partial charge in [0.05, 0.1) is 45.2 Å². The lowest BCUT2D eigenvalue weighted by atomic mass is 9.91. The Morgan fingerprint density at radius 2 is 0.678 bits per heavy atom. The Balaban J connectivity index is 1.14. The molecule has 5 heterocycles. The third kappa shape index (κ3) is 9.90. The van der Waals surface area contributed by atoms with Crippen molar-refractivity contribution < 1.29 is 124 Å². The van der Waals surface area contributed by atoms with Crippen LogP contribution in [-0.4, -0.2) is 263 Å². The minimum Gasteiger partial charge on any atom is -0.394 e. The van der Waals surface area contributed by atoms with Gasteiger partial charge >= 0.3 is 0 Å². The second kappa shape index (κ2) is 20.2. The highest BCUT2D eigenvalue weighted by Crippen LogP contribution is 2.38. The minimum absolute atomic E-state index is 0.194. The van der Waals surface area contributed by atoms with Gasteiger partial charge in [0.1, 0.15) is 110 Å². The monoisotopic (exact) mass is 866 g/mol. The van der Waals surface area contributed by atoms with E-state index in [2.05, 4.69) is 0 Å². The summed E-state index contributed by atoms with van der Waals surface area (Å²) in [6.07, 6.45) is -39.1. The molecule has 0 radical (unpaired) electrons. The van der Waals surface area contributed by atoms with E-state index in [1.807, 2.05) is 0 Å². The normalized spacial score (nSPS) is 52.4. The standard InChI is InChI=1S/C34H58O25/c1-9-26(56-32-22(46)19(43)16(40)11(4-35)52-32)17(41)12(5-36)51-30(9)59-29-18(42)13(6-37)53-34(25(29)49)58-28-15(8-39)55-33(24(48)21(28)45)57-27-14(7-38)54-31(23(47)20(27)44)50-10-2-3-10/h9-49H,2-8H2,1H3/t9-,11?,12?,13?,14?,15?,16-,17-,18-,19?,20?,21?,22-,23-,24-,25?,26?,27+,28-,29-,30-,31+,32-,33-,34+/m0/s1. The highest BCUT2D eigenvalue weighted by molar-refractivity contribution is 4.99. The molecule has 6 fully saturated rings.